The summed E-state index contributed by atoms with van der Waals surface area (Å²) in [5, 5.41) is 12.0. The third-order valence-electron chi connectivity index (χ3n) is 3.61. The standard InChI is InChI=1S/C16H24N2O3/c1-11(3-6-15(19)20)7-8-18-10-14-5-4-13(16(17)21)9-12(14)2/h4-5,9,11,18H,3,6-8,10H2,1-2H3,(H2,17,21)(H,19,20). The van der Waals surface area contributed by atoms with Gasteiger partial charge in [-0.1, -0.05) is 13.0 Å². The number of nitrogens with two attached hydrogens (primary N) is 1. The summed E-state index contributed by atoms with van der Waals surface area (Å²) in [4.78, 5) is 21.6. The maximum Gasteiger partial charge on any atom is 0.303 e. The molecule has 116 valence electrons. The van der Waals surface area contributed by atoms with Crippen LogP contribution in [-0.2, 0) is 11.3 Å². The first-order chi connectivity index (χ1) is 9.90. The lowest BCUT2D eigenvalue weighted by molar-refractivity contribution is -0.137. The number of aliphatic carboxylic acids is 1. The van der Waals surface area contributed by atoms with Crippen molar-refractivity contribution in [2.24, 2.45) is 11.7 Å². The Bertz CT molecular complexity index is 500. The van der Waals surface area contributed by atoms with Crippen LogP contribution in [0.3, 0.4) is 0 Å². The van der Waals surface area contributed by atoms with E-state index in [-0.39, 0.29) is 6.42 Å². The van der Waals surface area contributed by atoms with Crippen LogP contribution in [0.4, 0.5) is 0 Å². The highest BCUT2D eigenvalue weighted by molar-refractivity contribution is 5.93. The molecule has 5 heteroatoms. The van der Waals surface area contributed by atoms with Crippen molar-refractivity contribution in [2.45, 2.75) is 39.7 Å². The summed E-state index contributed by atoms with van der Waals surface area (Å²) in [6, 6.07) is 5.45. The van der Waals surface area contributed by atoms with Crippen LogP contribution in [0.2, 0.25) is 0 Å². The molecule has 0 aliphatic rings. The lowest BCUT2D eigenvalue weighted by atomic mass is 10.0. The Morgan fingerprint density at radius 1 is 1.33 bits per heavy atom. The summed E-state index contributed by atoms with van der Waals surface area (Å²) in [6.45, 7) is 5.60. The second-order valence-corrected chi connectivity index (χ2v) is 5.51. The Hall–Kier alpha value is -1.88. The molecule has 0 spiro atoms. The zero-order valence-corrected chi connectivity index (χ0v) is 12.7. The number of nitrogens with one attached hydrogen (secondary N) is 1. The van der Waals surface area contributed by atoms with Gasteiger partial charge in [0.25, 0.3) is 0 Å². The predicted molar refractivity (Wildman–Crippen MR) is 82.1 cm³/mol. The lowest BCUT2D eigenvalue weighted by Crippen LogP contribution is -2.18. The summed E-state index contributed by atoms with van der Waals surface area (Å²) < 4.78 is 0. The molecular weight excluding hydrogens is 268 g/mol. The van der Waals surface area contributed by atoms with E-state index in [1.54, 1.807) is 12.1 Å². The van der Waals surface area contributed by atoms with E-state index in [1.807, 2.05) is 13.0 Å². The van der Waals surface area contributed by atoms with Crippen molar-refractivity contribution < 1.29 is 14.7 Å². The Morgan fingerprint density at radius 3 is 2.62 bits per heavy atom. The van der Waals surface area contributed by atoms with Gasteiger partial charge in [-0.25, -0.2) is 0 Å². The number of hydrogen-bond donors (Lipinski definition) is 3. The Morgan fingerprint density at radius 2 is 2.05 bits per heavy atom. The van der Waals surface area contributed by atoms with Gasteiger partial charge in [0.2, 0.25) is 5.91 Å². The van der Waals surface area contributed by atoms with Crippen molar-refractivity contribution in [1.29, 1.82) is 0 Å². The van der Waals surface area contributed by atoms with E-state index < -0.39 is 11.9 Å². The number of aryl methyl sites for hydroxylation is 1. The summed E-state index contributed by atoms with van der Waals surface area (Å²) in [5.74, 6) is -0.753. The van der Waals surface area contributed by atoms with Gasteiger partial charge in [-0.15, -0.1) is 0 Å². The number of benzene rings is 1. The van der Waals surface area contributed by atoms with Crippen LogP contribution in [0.25, 0.3) is 0 Å². The Kier molecular flexibility index (Phi) is 6.88. The molecule has 0 bridgehead atoms. The van der Waals surface area contributed by atoms with E-state index in [2.05, 4.69) is 12.2 Å². The van der Waals surface area contributed by atoms with Gasteiger partial charge in [-0.2, -0.15) is 0 Å². The van der Waals surface area contributed by atoms with Crippen LogP contribution < -0.4 is 11.1 Å². The predicted octanol–water partition coefficient (Wildman–Crippen LogP) is 2.07. The molecule has 1 aromatic carbocycles. The molecule has 5 nitrogen and oxygen atoms in total. The molecule has 0 radical (unpaired) electrons. The van der Waals surface area contributed by atoms with Crippen molar-refractivity contribution in [3.63, 3.8) is 0 Å². The monoisotopic (exact) mass is 292 g/mol. The molecule has 0 aliphatic carbocycles. The first-order valence-electron chi connectivity index (χ1n) is 7.22. The minimum atomic E-state index is -0.736. The summed E-state index contributed by atoms with van der Waals surface area (Å²) in [7, 11) is 0. The van der Waals surface area contributed by atoms with Crippen LogP contribution in [-0.4, -0.2) is 23.5 Å². The number of hydrogen-bond acceptors (Lipinski definition) is 3. The molecule has 0 aromatic heterocycles. The van der Waals surface area contributed by atoms with Crippen LogP contribution in [0, 0.1) is 12.8 Å². The fourth-order valence-corrected chi connectivity index (χ4v) is 2.13. The van der Waals surface area contributed by atoms with Crippen LogP contribution >= 0.6 is 0 Å². The van der Waals surface area contributed by atoms with Crippen LogP contribution in [0.15, 0.2) is 18.2 Å². The minimum Gasteiger partial charge on any atom is -0.481 e. The molecule has 0 aliphatic heterocycles. The zero-order chi connectivity index (χ0) is 15.8. The highest BCUT2D eigenvalue weighted by Crippen LogP contribution is 2.12. The van der Waals surface area contributed by atoms with Gasteiger partial charge in [0, 0.05) is 18.5 Å². The number of rotatable bonds is 9. The van der Waals surface area contributed by atoms with Gasteiger partial charge in [-0.05, 0) is 55.5 Å². The Labute approximate surface area is 125 Å². The average molecular weight is 292 g/mol. The summed E-state index contributed by atoms with van der Waals surface area (Å²) in [5.41, 5.74) is 7.94. The van der Waals surface area contributed by atoms with E-state index >= 15 is 0 Å². The van der Waals surface area contributed by atoms with Crippen molar-refractivity contribution >= 4 is 11.9 Å². The second kappa shape index (κ2) is 8.42. The van der Waals surface area contributed by atoms with Gasteiger partial charge < -0.3 is 16.2 Å². The molecule has 21 heavy (non-hydrogen) atoms. The van der Waals surface area contributed by atoms with E-state index in [0.29, 0.717) is 17.9 Å². The quantitative estimate of drug-likeness (QED) is 0.607. The average Bonchev–Trinajstić information content (AvgIpc) is 2.42. The number of primary amides is 1. The van der Waals surface area contributed by atoms with Crippen molar-refractivity contribution in [3.05, 3.63) is 34.9 Å². The van der Waals surface area contributed by atoms with Gasteiger partial charge in [0.1, 0.15) is 0 Å². The third kappa shape index (κ3) is 6.40. The Balaban J connectivity index is 2.33. The van der Waals surface area contributed by atoms with Gasteiger partial charge >= 0.3 is 5.97 Å². The normalized spacial score (nSPS) is 12.1. The molecule has 4 N–H and O–H groups in total. The third-order valence-corrected chi connectivity index (χ3v) is 3.61. The smallest absolute Gasteiger partial charge is 0.303 e. The molecule has 1 atom stereocenters. The van der Waals surface area contributed by atoms with E-state index in [1.165, 1.54) is 0 Å². The molecule has 1 unspecified atom stereocenters. The molecule has 1 aromatic rings. The SMILES string of the molecule is Cc1cc(C(N)=O)ccc1CNCCC(C)CCC(=O)O. The number of carbonyl (C=O) groups is 2. The fourth-order valence-electron chi connectivity index (χ4n) is 2.13. The van der Waals surface area contributed by atoms with Crippen molar-refractivity contribution in [3.8, 4) is 0 Å². The van der Waals surface area contributed by atoms with E-state index in [4.69, 9.17) is 10.8 Å². The minimum absolute atomic E-state index is 0.231. The molecule has 0 saturated carbocycles. The van der Waals surface area contributed by atoms with E-state index in [9.17, 15) is 9.59 Å². The largest absolute Gasteiger partial charge is 0.481 e. The molecule has 1 rings (SSSR count). The lowest BCUT2D eigenvalue weighted by Gasteiger charge is -2.12. The van der Waals surface area contributed by atoms with Gasteiger partial charge in [0.15, 0.2) is 0 Å². The molecular formula is C16H24N2O3. The van der Waals surface area contributed by atoms with Crippen molar-refractivity contribution in [2.75, 3.05) is 6.54 Å². The fraction of sp³-hybridized carbons (Fsp3) is 0.500. The first kappa shape index (κ1) is 17.2. The molecule has 0 heterocycles. The maximum absolute atomic E-state index is 11.1. The van der Waals surface area contributed by atoms with Crippen LogP contribution in [0.5, 0.6) is 0 Å². The van der Waals surface area contributed by atoms with Crippen LogP contribution in [0.1, 0.15) is 47.7 Å². The van der Waals surface area contributed by atoms with Gasteiger partial charge in [0.05, 0.1) is 0 Å². The molecule has 0 saturated heterocycles. The first-order valence-corrected chi connectivity index (χ1v) is 7.22. The number of amides is 1. The van der Waals surface area contributed by atoms with E-state index in [0.717, 1.165) is 30.6 Å². The highest BCUT2D eigenvalue weighted by Gasteiger charge is 2.06. The molecule has 1 amide bonds. The topological polar surface area (TPSA) is 92.4 Å². The summed E-state index contributed by atoms with van der Waals surface area (Å²) >= 11 is 0. The maximum atomic E-state index is 11.1. The van der Waals surface area contributed by atoms with Crippen molar-refractivity contribution in [1.82, 2.24) is 5.32 Å². The second-order valence-electron chi connectivity index (χ2n) is 5.51. The number of carboxylic acid groups (broad SMARTS) is 1. The highest BCUT2D eigenvalue weighted by atomic mass is 16.4. The number of carboxylic acids is 1. The number of carbonyl (C=O) groups excluding carboxylic acids is 1. The summed E-state index contributed by atoms with van der Waals surface area (Å²) in [6.07, 6.45) is 1.89. The van der Waals surface area contributed by atoms with Gasteiger partial charge in [-0.3, -0.25) is 9.59 Å². The zero-order valence-electron chi connectivity index (χ0n) is 12.7. The molecule has 0 fully saturated rings.